The summed E-state index contributed by atoms with van der Waals surface area (Å²) < 4.78 is 4.67. The zero-order valence-electron chi connectivity index (χ0n) is 5.28. The second-order valence-corrected chi connectivity index (χ2v) is 3.10. The summed E-state index contributed by atoms with van der Waals surface area (Å²) in [7, 11) is 0. The van der Waals surface area contributed by atoms with Crippen molar-refractivity contribution < 1.29 is 9.53 Å². The fourth-order valence-corrected chi connectivity index (χ4v) is 0.568. The van der Waals surface area contributed by atoms with E-state index in [0.717, 1.165) is 0 Å². The Labute approximate surface area is 67.6 Å². The normalized spacial score (nSPS) is 11.1. The number of carbonyl (C=O) groups is 1. The van der Waals surface area contributed by atoms with E-state index in [-0.39, 0.29) is 0 Å². The summed E-state index contributed by atoms with van der Waals surface area (Å²) in [5, 5.41) is 0.582. The number of rotatable bonds is 2. The molecule has 4 heteroatoms. The van der Waals surface area contributed by atoms with Crippen LogP contribution in [-0.2, 0) is 4.74 Å². The minimum absolute atomic E-state index is 0.501. The standard InChI is InChI=1S/C5H8BrClO2/c1-5(2,3-6)9-4(7)8/h3H2,1-2H3. The first kappa shape index (κ1) is 9.24. The van der Waals surface area contributed by atoms with E-state index >= 15 is 0 Å². The van der Waals surface area contributed by atoms with E-state index in [0.29, 0.717) is 5.33 Å². The number of halogens is 2. The average molecular weight is 215 g/mol. The minimum atomic E-state index is -0.764. The molecule has 54 valence electrons. The Morgan fingerprint density at radius 1 is 1.78 bits per heavy atom. The van der Waals surface area contributed by atoms with Gasteiger partial charge in [-0.15, -0.1) is 0 Å². The van der Waals surface area contributed by atoms with Crippen LogP contribution in [0.25, 0.3) is 0 Å². The van der Waals surface area contributed by atoms with Crippen molar-refractivity contribution in [2.45, 2.75) is 19.4 Å². The molecule has 0 aromatic heterocycles. The molecule has 0 heterocycles. The largest absolute Gasteiger partial charge is 0.447 e. The molecule has 0 aromatic carbocycles. The fourth-order valence-electron chi connectivity index (χ4n) is 0.245. The summed E-state index contributed by atoms with van der Waals surface area (Å²) >= 11 is 8.12. The number of carbonyl (C=O) groups excluding carboxylic acids is 1. The molecule has 0 spiro atoms. The van der Waals surface area contributed by atoms with Crippen molar-refractivity contribution in [2.24, 2.45) is 0 Å². The number of hydrogen-bond donors (Lipinski definition) is 0. The molecule has 0 fully saturated rings. The number of hydrogen-bond acceptors (Lipinski definition) is 2. The van der Waals surface area contributed by atoms with Crippen LogP contribution in [0.1, 0.15) is 13.8 Å². The van der Waals surface area contributed by atoms with Crippen LogP contribution >= 0.6 is 27.5 Å². The molecule has 0 radical (unpaired) electrons. The molecule has 0 saturated heterocycles. The molecule has 0 bridgehead atoms. The Balaban J connectivity index is 3.71. The van der Waals surface area contributed by atoms with Crippen molar-refractivity contribution in [1.82, 2.24) is 0 Å². The van der Waals surface area contributed by atoms with E-state index in [1.807, 2.05) is 0 Å². The van der Waals surface area contributed by atoms with Crippen molar-refractivity contribution in [1.29, 1.82) is 0 Å². The third-order valence-electron chi connectivity index (χ3n) is 0.678. The molecule has 0 atom stereocenters. The molecule has 0 saturated carbocycles. The second-order valence-electron chi connectivity index (χ2n) is 2.23. The quantitative estimate of drug-likeness (QED) is 0.523. The summed E-state index contributed by atoms with van der Waals surface area (Å²) in [4.78, 5) is 10.1. The Hall–Kier alpha value is 0.240. The SMILES string of the molecule is CC(C)(CBr)OC(=O)Cl. The average Bonchev–Trinajstić information content (AvgIpc) is 1.63. The Morgan fingerprint density at radius 2 is 2.22 bits per heavy atom. The van der Waals surface area contributed by atoms with Gasteiger partial charge < -0.3 is 4.74 Å². The van der Waals surface area contributed by atoms with E-state index in [1.165, 1.54) is 0 Å². The molecule has 0 rings (SSSR count). The van der Waals surface area contributed by atoms with E-state index in [2.05, 4.69) is 20.7 Å². The maximum absolute atomic E-state index is 10.1. The van der Waals surface area contributed by atoms with Crippen LogP contribution in [0, 0.1) is 0 Å². The van der Waals surface area contributed by atoms with Gasteiger partial charge in [0.1, 0.15) is 5.60 Å². The van der Waals surface area contributed by atoms with E-state index < -0.39 is 11.0 Å². The zero-order valence-corrected chi connectivity index (χ0v) is 7.62. The first-order valence-electron chi connectivity index (χ1n) is 2.42. The highest BCUT2D eigenvalue weighted by molar-refractivity contribution is 9.09. The lowest BCUT2D eigenvalue weighted by Crippen LogP contribution is -2.27. The van der Waals surface area contributed by atoms with Crippen molar-refractivity contribution >= 4 is 33.0 Å². The van der Waals surface area contributed by atoms with Crippen LogP contribution in [0.2, 0.25) is 0 Å². The maximum Gasteiger partial charge on any atom is 0.404 e. The van der Waals surface area contributed by atoms with Gasteiger partial charge in [-0.25, -0.2) is 4.79 Å². The van der Waals surface area contributed by atoms with Crippen molar-refractivity contribution in [3.8, 4) is 0 Å². The monoisotopic (exact) mass is 214 g/mol. The van der Waals surface area contributed by atoms with Crippen LogP contribution in [0.3, 0.4) is 0 Å². The van der Waals surface area contributed by atoms with Gasteiger partial charge in [0, 0.05) is 16.9 Å². The van der Waals surface area contributed by atoms with Gasteiger partial charge >= 0.3 is 5.43 Å². The molecule has 0 aliphatic heterocycles. The highest BCUT2D eigenvalue weighted by atomic mass is 79.9. The highest BCUT2D eigenvalue weighted by Gasteiger charge is 2.19. The van der Waals surface area contributed by atoms with Gasteiger partial charge in [-0.1, -0.05) is 15.9 Å². The van der Waals surface area contributed by atoms with Gasteiger partial charge in [0.05, 0.1) is 0 Å². The van der Waals surface area contributed by atoms with Gasteiger partial charge in [0.15, 0.2) is 0 Å². The third kappa shape index (κ3) is 4.73. The van der Waals surface area contributed by atoms with Gasteiger partial charge in [0.2, 0.25) is 0 Å². The molecule has 9 heavy (non-hydrogen) atoms. The van der Waals surface area contributed by atoms with Gasteiger partial charge in [-0.2, -0.15) is 0 Å². The molecular weight excluding hydrogens is 207 g/mol. The lowest BCUT2D eigenvalue weighted by Gasteiger charge is -2.19. The van der Waals surface area contributed by atoms with Crippen molar-refractivity contribution in [2.75, 3.05) is 5.33 Å². The molecule has 0 unspecified atom stereocenters. The van der Waals surface area contributed by atoms with Crippen molar-refractivity contribution in [3.05, 3.63) is 0 Å². The predicted octanol–water partition coefficient (Wildman–Crippen LogP) is 2.54. The van der Waals surface area contributed by atoms with Crippen LogP contribution < -0.4 is 0 Å². The molecule has 2 nitrogen and oxygen atoms in total. The second kappa shape index (κ2) is 3.42. The van der Waals surface area contributed by atoms with E-state index in [9.17, 15) is 4.79 Å². The molecule has 0 aliphatic carbocycles. The summed E-state index contributed by atoms with van der Waals surface area (Å²) in [6, 6.07) is 0. The molecule has 0 aliphatic rings. The third-order valence-corrected chi connectivity index (χ3v) is 2.11. The van der Waals surface area contributed by atoms with Crippen LogP contribution in [0.4, 0.5) is 4.79 Å². The Morgan fingerprint density at radius 3 is 2.33 bits per heavy atom. The maximum atomic E-state index is 10.1. The fraction of sp³-hybridized carbons (Fsp3) is 0.800. The van der Waals surface area contributed by atoms with E-state index in [4.69, 9.17) is 11.6 Å². The minimum Gasteiger partial charge on any atom is -0.447 e. The Kier molecular flexibility index (Phi) is 3.51. The molecule has 0 N–H and O–H groups in total. The first-order valence-corrected chi connectivity index (χ1v) is 3.92. The van der Waals surface area contributed by atoms with Gasteiger partial charge in [-0.05, 0) is 13.8 Å². The number of ether oxygens (including phenoxy) is 1. The van der Waals surface area contributed by atoms with E-state index in [1.54, 1.807) is 13.8 Å². The lowest BCUT2D eigenvalue weighted by molar-refractivity contribution is 0.0770. The Bertz CT molecular complexity index is 114. The van der Waals surface area contributed by atoms with Crippen LogP contribution in [0.15, 0.2) is 0 Å². The van der Waals surface area contributed by atoms with Crippen LogP contribution in [0.5, 0.6) is 0 Å². The highest BCUT2D eigenvalue weighted by Crippen LogP contribution is 2.13. The summed E-state index contributed by atoms with van der Waals surface area (Å²) in [6.45, 7) is 3.53. The van der Waals surface area contributed by atoms with Gasteiger partial charge in [0.25, 0.3) is 0 Å². The first-order chi connectivity index (χ1) is 3.98. The lowest BCUT2D eigenvalue weighted by atomic mass is 10.2. The summed E-state index contributed by atoms with van der Waals surface area (Å²) in [5.74, 6) is 0. The summed E-state index contributed by atoms with van der Waals surface area (Å²) in [6.07, 6.45) is 0. The predicted molar refractivity (Wildman–Crippen MR) is 40.2 cm³/mol. The zero-order chi connectivity index (χ0) is 7.49. The van der Waals surface area contributed by atoms with Crippen LogP contribution in [-0.4, -0.2) is 16.4 Å². The summed E-state index contributed by atoms with van der Waals surface area (Å²) in [5.41, 5.74) is -1.27. The number of alkyl halides is 1. The molecular formula is C5H8BrClO2. The molecule has 0 aromatic rings. The topological polar surface area (TPSA) is 26.3 Å². The van der Waals surface area contributed by atoms with Crippen molar-refractivity contribution in [3.63, 3.8) is 0 Å². The van der Waals surface area contributed by atoms with Gasteiger partial charge in [-0.3, -0.25) is 0 Å². The smallest absolute Gasteiger partial charge is 0.404 e. The molecule has 0 amide bonds.